The van der Waals surface area contributed by atoms with Crippen molar-refractivity contribution in [2.75, 3.05) is 27.4 Å². The van der Waals surface area contributed by atoms with Crippen molar-refractivity contribution < 1.29 is 56.8 Å². The molecule has 0 radical (unpaired) electrons. The first-order valence-electron chi connectivity index (χ1n) is 27.8. The maximum absolute atomic E-state index is 7.30. The second-order valence-corrected chi connectivity index (χ2v) is 23.2. The maximum atomic E-state index is 7.30. The Kier molecular flexibility index (Phi) is 22.1. The van der Waals surface area contributed by atoms with Crippen molar-refractivity contribution in [2.45, 2.75) is 131 Å². The summed E-state index contributed by atoms with van der Waals surface area (Å²) in [6.07, 6.45) is -5.63. The van der Waals surface area contributed by atoms with E-state index in [9.17, 15) is 0 Å². The van der Waals surface area contributed by atoms with Crippen LogP contribution in [-0.2, 0) is 96.5 Å². The van der Waals surface area contributed by atoms with Gasteiger partial charge < -0.3 is 0 Å². The molecule has 420 valence electrons. The Morgan fingerprint density at radius 2 is 0.700 bits per heavy atom. The van der Waals surface area contributed by atoms with Crippen LogP contribution in [0.2, 0.25) is 4.82 Å². The van der Waals surface area contributed by atoms with Crippen molar-refractivity contribution in [3.63, 3.8) is 0 Å². The zero-order chi connectivity index (χ0) is 54.6. The first-order chi connectivity index (χ1) is 39.6. The molecule has 10 rings (SSSR count). The van der Waals surface area contributed by atoms with Gasteiger partial charge in [0.2, 0.25) is 0 Å². The summed E-state index contributed by atoms with van der Waals surface area (Å²) in [5.41, 5.74) is 6.19. The molecule has 12 nitrogen and oxygen atoms in total. The first kappa shape index (κ1) is 57.8. The Labute approximate surface area is 478 Å². The van der Waals surface area contributed by atoms with Gasteiger partial charge >= 0.3 is 444 Å². The molecular weight excluding hydrogens is 1080 g/mol. The Hall–Kier alpha value is -5.42. The zero-order valence-electron chi connectivity index (χ0n) is 45.6. The number of methoxy groups -OCH3 is 2. The topological polar surface area (TPSA) is 111 Å². The van der Waals surface area contributed by atoms with Crippen LogP contribution in [0.15, 0.2) is 212 Å². The van der Waals surface area contributed by atoms with Crippen molar-refractivity contribution in [1.29, 1.82) is 0 Å². The second kappa shape index (κ2) is 30.6. The summed E-state index contributed by atoms with van der Waals surface area (Å²) >= 11 is 0.0143. The molecule has 3 aliphatic heterocycles. The third kappa shape index (κ3) is 16.4. The Balaban J connectivity index is 0.936. The quantitative estimate of drug-likeness (QED) is 0.0436. The number of ether oxygens (including phenoxy) is 12. The third-order valence-corrected chi connectivity index (χ3v) is 17.5. The summed E-state index contributed by atoms with van der Waals surface area (Å²) in [4.78, 5) is 0.130. The second-order valence-electron chi connectivity index (χ2n) is 20.4. The van der Waals surface area contributed by atoms with Gasteiger partial charge in [0.1, 0.15) is 0 Å². The SMILES string of the molecule is CO[C@H]1O[C@H](COCc2ccccc2)[C@@H](OC[C@@H]2O[C@@H](C[C@H]3O[C@H](OC)[C@H](OCc4ccccc4)[C@@H](OCc4ccccc4)[C@@H]3OCc3ccccc3)C[C@H]2[Se]c2ccccc2)[C@H](OCc2ccccc2)[C@H]1OCc1ccccc1. The fourth-order valence-electron chi connectivity index (χ4n) is 10.7. The van der Waals surface area contributed by atoms with Gasteiger partial charge in [-0.3, -0.25) is 0 Å². The molecule has 80 heavy (non-hydrogen) atoms. The summed E-state index contributed by atoms with van der Waals surface area (Å²) in [6.45, 7) is 2.52. The Morgan fingerprint density at radius 1 is 0.350 bits per heavy atom. The monoisotopic (exact) mass is 1150 g/mol. The van der Waals surface area contributed by atoms with Gasteiger partial charge in [-0.2, -0.15) is 0 Å². The van der Waals surface area contributed by atoms with Crippen LogP contribution in [0.5, 0.6) is 0 Å². The van der Waals surface area contributed by atoms with Crippen LogP contribution in [0.25, 0.3) is 0 Å². The van der Waals surface area contributed by atoms with Gasteiger partial charge in [0.05, 0.1) is 0 Å². The molecule has 0 spiro atoms. The third-order valence-electron chi connectivity index (χ3n) is 14.7. The molecule has 3 heterocycles. The molecule has 0 aliphatic carbocycles. The van der Waals surface area contributed by atoms with E-state index in [1.54, 1.807) is 14.2 Å². The van der Waals surface area contributed by atoms with Crippen LogP contribution in [-0.4, -0.2) is 116 Å². The van der Waals surface area contributed by atoms with Crippen LogP contribution in [0.1, 0.15) is 46.2 Å². The fraction of sp³-hybridized carbons (Fsp3) is 0.373. The van der Waals surface area contributed by atoms with Gasteiger partial charge in [0.25, 0.3) is 0 Å². The van der Waals surface area contributed by atoms with Gasteiger partial charge in [-0.25, -0.2) is 0 Å². The fourth-order valence-corrected chi connectivity index (χ4v) is 13.3. The van der Waals surface area contributed by atoms with Crippen LogP contribution in [0.3, 0.4) is 0 Å². The molecule has 3 fully saturated rings. The molecule has 7 aromatic rings. The van der Waals surface area contributed by atoms with Crippen LogP contribution >= 0.6 is 0 Å². The number of hydrogen-bond donors (Lipinski definition) is 0. The predicted octanol–water partition coefficient (Wildman–Crippen LogP) is 10.6. The zero-order valence-corrected chi connectivity index (χ0v) is 47.3. The van der Waals surface area contributed by atoms with E-state index in [0.717, 1.165) is 39.8 Å². The molecule has 0 amide bonds. The summed E-state index contributed by atoms with van der Waals surface area (Å²) in [7, 11) is 3.30. The summed E-state index contributed by atoms with van der Waals surface area (Å²) in [5.74, 6) is 0. The standard InChI is InChI=1S/C67H74O12Se/c1-68-66-64(74-44-52-32-18-7-19-33-52)62(72-42-50-28-14-5-15-29-50)60(71-41-49-26-12-4-13-27-49)56(78-66)38-54-39-59(80-55-36-22-9-23-37-55)57(77-54)47-76-61-58(46-70-40-48-24-10-3-11-25-48)79-67(69-2)65(75-45-53-34-20-8-21-35-53)63(61)73-43-51-30-16-6-17-31-51/h3-37,54,56-67H,38-47H2,1-2H3/t54-,56+,57-,58+,59+,60+,61+,62-,63-,64+,65+,66-,67-/m0/s1. The Morgan fingerprint density at radius 3 is 1.11 bits per heavy atom. The molecule has 13 heteroatoms. The Bertz CT molecular complexity index is 2790. The molecule has 7 aromatic carbocycles. The van der Waals surface area contributed by atoms with E-state index >= 15 is 0 Å². The molecule has 3 aliphatic rings. The van der Waals surface area contributed by atoms with Gasteiger partial charge in [-0.1, -0.05) is 36.4 Å². The molecule has 0 N–H and O–H groups in total. The van der Waals surface area contributed by atoms with E-state index in [0.29, 0.717) is 46.1 Å². The van der Waals surface area contributed by atoms with Gasteiger partial charge in [0.15, 0.2) is 0 Å². The van der Waals surface area contributed by atoms with Crippen molar-refractivity contribution >= 4 is 19.4 Å². The number of hydrogen-bond acceptors (Lipinski definition) is 12. The van der Waals surface area contributed by atoms with Crippen LogP contribution in [0, 0.1) is 0 Å². The molecule has 0 saturated carbocycles. The molecule has 13 atom stereocenters. The van der Waals surface area contributed by atoms with E-state index in [4.69, 9.17) is 56.8 Å². The number of rotatable bonds is 28. The molecule has 3 saturated heterocycles. The summed E-state index contributed by atoms with van der Waals surface area (Å²) in [5, 5.41) is 0. The van der Waals surface area contributed by atoms with E-state index in [-0.39, 0.29) is 45.2 Å². The van der Waals surface area contributed by atoms with Crippen molar-refractivity contribution in [2.24, 2.45) is 0 Å². The average molecular weight is 1150 g/mol. The van der Waals surface area contributed by atoms with Crippen molar-refractivity contribution in [3.05, 3.63) is 246 Å². The summed E-state index contributed by atoms with van der Waals surface area (Å²) < 4.78 is 83.1. The van der Waals surface area contributed by atoms with Crippen molar-refractivity contribution in [1.82, 2.24) is 0 Å². The van der Waals surface area contributed by atoms with Gasteiger partial charge in [-0.05, 0) is 0 Å². The van der Waals surface area contributed by atoms with E-state index < -0.39 is 61.4 Å². The predicted molar refractivity (Wildman–Crippen MR) is 306 cm³/mol. The molecule has 0 bridgehead atoms. The molecular formula is C67H74O12Se. The van der Waals surface area contributed by atoms with Crippen molar-refractivity contribution in [3.8, 4) is 0 Å². The van der Waals surface area contributed by atoms with E-state index in [2.05, 4.69) is 91.0 Å². The van der Waals surface area contributed by atoms with E-state index in [1.807, 2.05) is 121 Å². The normalized spacial score (nSPS) is 26.8. The minimum absolute atomic E-state index is 0.0143. The minimum atomic E-state index is -0.779. The molecule has 0 unspecified atom stereocenters. The van der Waals surface area contributed by atoms with Crippen LogP contribution < -0.4 is 4.46 Å². The van der Waals surface area contributed by atoms with Gasteiger partial charge in [0, 0.05) is 0 Å². The van der Waals surface area contributed by atoms with E-state index in [1.165, 1.54) is 4.46 Å². The van der Waals surface area contributed by atoms with Gasteiger partial charge in [-0.15, -0.1) is 0 Å². The summed E-state index contributed by atoms with van der Waals surface area (Å²) in [6, 6.07) is 71.6. The first-order valence-corrected chi connectivity index (χ1v) is 29.7. The van der Waals surface area contributed by atoms with Crippen LogP contribution in [0.4, 0.5) is 0 Å². The number of benzene rings is 7. The molecule has 0 aromatic heterocycles. The average Bonchev–Trinajstić information content (AvgIpc) is 3.90.